The molecule has 0 aliphatic rings. The molecule has 0 amide bonds. The molecular formula is C12H9N3O4S. The minimum Gasteiger partial charge on any atom is -0.300 e. The summed E-state index contributed by atoms with van der Waals surface area (Å²) in [6.45, 7) is 0. The van der Waals surface area contributed by atoms with E-state index in [0.29, 0.717) is 5.03 Å². The van der Waals surface area contributed by atoms with Gasteiger partial charge in [0.15, 0.2) is 5.78 Å². The fraction of sp³-hybridized carbons (Fsp3) is 0.0833. The van der Waals surface area contributed by atoms with Gasteiger partial charge in [0.25, 0.3) is 5.69 Å². The number of thioether (sulfide) groups is 1. The summed E-state index contributed by atoms with van der Waals surface area (Å²) in [6, 6.07) is 7.12. The molecule has 0 unspecified atom stereocenters. The van der Waals surface area contributed by atoms with Crippen molar-refractivity contribution in [1.82, 2.24) is 9.97 Å². The topological polar surface area (TPSA) is 106 Å². The molecule has 20 heavy (non-hydrogen) atoms. The molecule has 0 saturated carbocycles. The van der Waals surface area contributed by atoms with Crippen molar-refractivity contribution >= 4 is 23.2 Å². The van der Waals surface area contributed by atoms with Crippen molar-refractivity contribution in [2.24, 2.45) is 0 Å². The fourth-order valence-corrected chi connectivity index (χ4v) is 2.23. The second kappa shape index (κ2) is 6.11. The summed E-state index contributed by atoms with van der Waals surface area (Å²) in [5.41, 5.74) is -0.348. The van der Waals surface area contributed by atoms with Crippen molar-refractivity contribution in [3.05, 3.63) is 62.7 Å². The van der Waals surface area contributed by atoms with Crippen molar-refractivity contribution in [2.75, 3.05) is 5.75 Å². The maximum Gasteiger partial charge on any atom is 0.345 e. The molecule has 0 fully saturated rings. The van der Waals surface area contributed by atoms with E-state index in [-0.39, 0.29) is 22.8 Å². The highest BCUT2D eigenvalue weighted by Gasteiger charge is 2.12. The molecule has 1 heterocycles. The first kappa shape index (κ1) is 13.9. The lowest BCUT2D eigenvalue weighted by Crippen LogP contribution is -2.10. The number of non-ortho nitro benzene ring substituents is 1. The van der Waals surface area contributed by atoms with E-state index in [0.717, 1.165) is 11.8 Å². The Bertz CT molecular complexity index is 714. The summed E-state index contributed by atoms with van der Waals surface area (Å²) in [6.07, 6.45) is 1.35. The van der Waals surface area contributed by atoms with Crippen molar-refractivity contribution < 1.29 is 9.72 Å². The van der Waals surface area contributed by atoms with E-state index in [1.807, 2.05) is 0 Å². The van der Waals surface area contributed by atoms with Crippen LogP contribution in [0.2, 0.25) is 0 Å². The van der Waals surface area contributed by atoms with Crippen molar-refractivity contribution in [3.8, 4) is 0 Å². The first-order chi connectivity index (χ1) is 9.56. The zero-order valence-electron chi connectivity index (χ0n) is 10.1. The Morgan fingerprint density at radius 3 is 2.90 bits per heavy atom. The minimum absolute atomic E-state index is 0.0706. The van der Waals surface area contributed by atoms with Crippen molar-refractivity contribution in [2.45, 2.75) is 5.03 Å². The van der Waals surface area contributed by atoms with Crippen LogP contribution in [-0.2, 0) is 0 Å². The Kier molecular flexibility index (Phi) is 4.26. The molecule has 2 aromatic rings. The van der Waals surface area contributed by atoms with Crippen LogP contribution in [0, 0.1) is 10.1 Å². The number of nitro benzene ring substituents is 1. The Morgan fingerprint density at radius 1 is 1.40 bits per heavy atom. The summed E-state index contributed by atoms with van der Waals surface area (Å²) in [5.74, 6) is -0.183. The number of rotatable bonds is 5. The molecule has 1 N–H and O–H groups in total. The first-order valence-electron chi connectivity index (χ1n) is 5.52. The first-order valence-corrected chi connectivity index (χ1v) is 6.50. The second-order valence-corrected chi connectivity index (χ2v) is 4.78. The van der Waals surface area contributed by atoms with Gasteiger partial charge >= 0.3 is 5.69 Å². The highest BCUT2D eigenvalue weighted by atomic mass is 32.2. The number of hydrogen-bond acceptors (Lipinski definition) is 6. The van der Waals surface area contributed by atoms with Gasteiger partial charge in [-0.25, -0.2) is 9.78 Å². The molecule has 2 rings (SSSR count). The molecule has 0 radical (unpaired) electrons. The molecule has 0 aliphatic heterocycles. The molecule has 0 atom stereocenters. The van der Waals surface area contributed by atoms with Gasteiger partial charge in [-0.2, -0.15) is 0 Å². The van der Waals surface area contributed by atoms with Crippen LogP contribution in [0.5, 0.6) is 0 Å². The van der Waals surface area contributed by atoms with Crippen molar-refractivity contribution in [3.63, 3.8) is 0 Å². The summed E-state index contributed by atoms with van der Waals surface area (Å²) < 4.78 is 0. The minimum atomic E-state index is -0.551. The molecule has 0 aliphatic carbocycles. The van der Waals surface area contributed by atoms with Gasteiger partial charge < -0.3 is 4.98 Å². The Balaban J connectivity index is 2.07. The molecule has 8 heteroatoms. The number of ketones is 1. The lowest BCUT2D eigenvalue weighted by molar-refractivity contribution is -0.384. The molecular weight excluding hydrogens is 282 g/mol. The third-order valence-electron chi connectivity index (χ3n) is 2.39. The van der Waals surface area contributed by atoms with Gasteiger partial charge in [0, 0.05) is 23.9 Å². The van der Waals surface area contributed by atoms with E-state index in [9.17, 15) is 19.7 Å². The van der Waals surface area contributed by atoms with Crippen LogP contribution in [-0.4, -0.2) is 26.4 Å². The molecule has 0 saturated heterocycles. The maximum atomic E-state index is 11.9. The van der Waals surface area contributed by atoms with Gasteiger partial charge in [-0.3, -0.25) is 14.9 Å². The van der Waals surface area contributed by atoms with Crippen LogP contribution in [0.25, 0.3) is 0 Å². The number of nitrogens with zero attached hydrogens (tertiary/aromatic N) is 2. The van der Waals surface area contributed by atoms with Gasteiger partial charge in [0.2, 0.25) is 0 Å². The summed E-state index contributed by atoms with van der Waals surface area (Å²) in [5, 5.41) is 11.2. The Labute approximate surface area is 117 Å². The van der Waals surface area contributed by atoms with Gasteiger partial charge in [-0.1, -0.05) is 12.1 Å². The standard InChI is InChI=1S/C12H9N3O4S/c16-10(7-20-11-4-5-13-12(17)14-11)8-2-1-3-9(6-8)15(18)19/h1-6H,7H2,(H,13,14,17). The van der Waals surface area contributed by atoms with E-state index in [4.69, 9.17) is 0 Å². The smallest absolute Gasteiger partial charge is 0.300 e. The zero-order chi connectivity index (χ0) is 14.5. The van der Waals surface area contributed by atoms with E-state index in [1.165, 1.54) is 30.5 Å². The Morgan fingerprint density at radius 2 is 2.20 bits per heavy atom. The lowest BCUT2D eigenvalue weighted by atomic mass is 10.1. The van der Waals surface area contributed by atoms with Crippen LogP contribution < -0.4 is 5.69 Å². The van der Waals surface area contributed by atoms with Gasteiger partial charge in [0.1, 0.15) is 0 Å². The highest BCUT2D eigenvalue weighted by Crippen LogP contribution is 2.18. The monoisotopic (exact) mass is 291 g/mol. The SMILES string of the molecule is O=C(CSc1ccnc(=O)[nH]1)c1cccc([N+](=O)[O-])c1. The number of H-pyrrole nitrogens is 1. The van der Waals surface area contributed by atoms with Crippen LogP contribution in [0.1, 0.15) is 10.4 Å². The molecule has 102 valence electrons. The molecule has 7 nitrogen and oxygen atoms in total. The van der Waals surface area contributed by atoms with Gasteiger partial charge in [-0.15, -0.1) is 11.8 Å². The summed E-state index contributed by atoms with van der Waals surface area (Å²) in [4.78, 5) is 38.9. The quantitative estimate of drug-likeness (QED) is 0.295. The lowest BCUT2D eigenvalue weighted by Gasteiger charge is -2.01. The number of nitro groups is 1. The van der Waals surface area contributed by atoms with Gasteiger partial charge in [0.05, 0.1) is 15.7 Å². The summed E-state index contributed by atoms with van der Waals surface area (Å²) in [7, 11) is 0. The zero-order valence-corrected chi connectivity index (χ0v) is 10.9. The number of nitrogens with one attached hydrogen (secondary N) is 1. The number of benzene rings is 1. The highest BCUT2D eigenvalue weighted by molar-refractivity contribution is 7.99. The molecule has 0 spiro atoms. The fourth-order valence-electron chi connectivity index (χ4n) is 1.46. The van der Waals surface area contributed by atoms with Crippen LogP contribution >= 0.6 is 11.8 Å². The summed E-state index contributed by atoms with van der Waals surface area (Å²) >= 11 is 1.14. The predicted octanol–water partition coefficient (Wildman–Crippen LogP) is 1.65. The number of aromatic amines is 1. The average molecular weight is 291 g/mol. The number of hydrogen-bond donors (Lipinski definition) is 1. The van der Waals surface area contributed by atoms with Crippen LogP contribution in [0.3, 0.4) is 0 Å². The van der Waals surface area contributed by atoms with Crippen LogP contribution in [0.15, 0.2) is 46.3 Å². The van der Waals surface area contributed by atoms with E-state index in [1.54, 1.807) is 6.07 Å². The third kappa shape index (κ3) is 3.51. The number of Topliss-reactive ketones (excluding diaryl/α,β-unsaturated/α-hetero) is 1. The van der Waals surface area contributed by atoms with Crippen LogP contribution in [0.4, 0.5) is 5.69 Å². The number of aromatic nitrogens is 2. The predicted molar refractivity (Wildman–Crippen MR) is 73.0 cm³/mol. The van der Waals surface area contributed by atoms with Crippen molar-refractivity contribution in [1.29, 1.82) is 0 Å². The second-order valence-electron chi connectivity index (χ2n) is 3.76. The average Bonchev–Trinajstić information content (AvgIpc) is 2.45. The maximum absolute atomic E-state index is 11.9. The third-order valence-corrected chi connectivity index (χ3v) is 3.34. The largest absolute Gasteiger partial charge is 0.345 e. The Hall–Kier alpha value is -2.48. The normalized spacial score (nSPS) is 10.2. The molecule has 0 bridgehead atoms. The van der Waals surface area contributed by atoms with E-state index in [2.05, 4.69) is 9.97 Å². The van der Waals surface area contributed by atoms with Gasteiger partial charge in [-0.05, 0) is 6.07 Å². The molecule has 1 aromatic carbocycles. The van der Waals surface area contributed by atoms with E-state index < -0.39 is 10.6 Å². The van der Waals surface area contributed by atoms with E-state index >= 15 is 0 Å². The number of carbonyl (C=O) groups is 1. The molecule has 1 aromatic heterocycles. The number of carbonyl (C=O) groups excluding carboxylic acids is 1.